The zero-order valence-electron chi connectivity index (χ0n) is 11.4. The topological polar surface area (TPSA) is 43.4 Å². The lowest BCUT2D eigenvalue weighted by molar-refractivity contribution is 0.101. The lowest BCUT2D eigenvalue weighted by Gasteiger charge is -1.96. The Morgan fingerprint density at radius 1 is 1.05 bits per heavy atom. The number of rotatable bonds is 2. The Labute approximate surface area is 115 Å². The Balaban J connectivity index is 2.12. The SMILES string of the molecule is Cc1oc(C)c(C(=O)c2cc3cc(F)ccc3o2)c1C. The van der Waals surface area contributed by atoms with E-state index in [0.29, 0.717) is 28.1 Å². The van der Waals surface area contributed by atoms with E-state index in [1.54, 1.807) is 13.0 Å². The monoisotopic (exact) mass is 272 g/mol. The van der Waals surface area contributed by atoms with Gasteiger partial charge in [0.1, 0.15) is 22.9 Å². The Kier molecular flexibility index (Phi) is 2.74. The number of aryl methyl sites for hydroxylation is 2. The molecule has 0 aliphatic rings. The average Bonchev–Trinajstić information content (AvgIpc) is 2.91. The van der Waals surface area contributed by atoms with E-state index in [1.807, 2.05) is 13.8 Å². The van der Waals surface area contributed by atoms with E-state index in [0.717, 1.165) is 5.56 Å². The van der Waals surface area contributed by atoms with Gasteiger partial charge in [0, 0.05) is 10.9 Å². The third-order valence-corrected chi connectivity index (χ3v) is 3.49. The van der Waals surface area contributed by atoms with Crippen LogP contribution in [0.1, 0.15) is 33.2 Å². The first kappa shape index (κ1) is 12.7. The summed E-state index contributed by atoms with van der Waals surface area (Å²) in [6.45, 7) is 5.39. The van der Waals surface area contributed by atoms with Gasteiger partial charge in [-0.25, -0.2) is 4.39 Å². The summed E-state index contributed by atoms with van der Waals surface area (Å²) in [5.41, 5.74) is 1.81. The minimum absolute atomic E-state index is 0.192. The Bertz CT molecular complexity index is 824. The van der Waals surface area contributed by atoms with Crippen molar-refractivity contribution in [2.45, 2.75) is 20.8 Å². The molecule has 0 saturated carbocycles. The maximum absolute atomic E-state index is 13.2. The summed E-state index contributed by atoms with van der Waals surface area (Å²) in [6, 6.07) is 5.72. The maximum atomic E-state index is 13.2. The highest BCUT2D eigenvalue weighted by Crippen LogP contribution is 2.27. The van der Waals surface area contributed by atoms with E-state index in [-0.39, 0.29) is 17.4 Å². The second kappa shape index (κ2) is 4.34. The molecule has 3 nitrogen and oxygen atoms in total. The van der Waals surface area contributed by atoms with Gasteiger partial charge in [-0.15, -0.1) is 0 Å². The van der Waals surface area contributed by atoms with Gasteiger partial charge in [0.25, 0.3) is 0 Å². The van der Waals surface area contributed by atoms with Crippen LogP contribution in [0.2, 0.25) is 0 Å². The summed E-state index contributed by atoms with van der Waals surface area (Å²) in [5.74, 6) is 0.875. The average molecular weight is 272 g/mol. The van der Waals surface area contributed by atoms with Crippen molar-refractivity contribution in [2.24, 2.45) is 0 Å². The van der Waals surface area contributed by atoms with Crippen molar-refractivity contribution < 1.29 is 18.0 Å². The lowest BCUT2D eigenvalue weighted by atomic mass is 10.0. The fourth-order valence-corrected chi connectivity index (χ4v) is 2.38. The lowest BCUT2D eigenvalue weighted by Crippen LogP contribution is -2.02. The molecule has 0 saturated heterocycles. The molecule has 0 amide bonds. The van der Waals surface area contributed by atoms with Crippen LogP contribution in [-0.2, 0) is 0 Å². The van der Waals surface area contributed by atoms with Crippen LogP contribution >= 0.6 is 0 Å². The van der Waals surface area contributed by atoms with Crippen molar-refractivity contribution in [1.29, 1.82) is 0 Å². The van der Waals surface area contributed by atoms with E-state index in [1.165, 1.54) is 18.2 Å². The minimum atomic E-state index is -0.358. The second-order valence-corrected chi connectivity index (χ2v) is 4.84. The molecule has 0 aliphatic heterocycles. The molecule has 0 aliphatic carbocycles. The Morgan fingerprint density at radius 2 is 1.80 bits per heavy atom. The summed E-state index contributed by atoms with van der Waals surface area (Å²) in [4.78, 5) is 12.5. The molecule has 20 heavy (non-hydrogen) atoms. The molecule has 1 aromatic carbocycles. The number of hydrogen-bond acceptors (Lipinski definition) is 3. The van der Waals surface area contributed by atoms with Gasteiger partial charge >= 0.3 is 0 Å². The van der Waals surface area contributed by atoms with E-state index in [4.69, 9.17) is 8.83 Å². The van der Waals surface area contributed by atoms with Gasteiger partial charge in [0.15, 0.2) is 5.76 Å². The molecule has 3 aromatic rings. The van der Waals surface area contributed by atoms with Crippen molar-refractivity contribution in [3.63, 3.8) is 0 Å². The number of benzene rings is 1. The van der Waals surface area contributed by atoms with Gasteiger partial charge in [-0.2, -0.15) is 0 Å². The molecule has 3 rings (SSSR count). The normalized spacial score (nSPS) is 11.2. The van der Waals surface area contributed by atoms with Crippen molar-refractivity contribution in [1.82, 2.24) is 0 Å². The predicted octanol–water partition coefficient (Wildman–Crippen LogP) is 4.32. The quantitative estimate of drug-likeness (QED) is 0.652. The van der Waals surface area contributed by atoms with Gasteiger partial charge in [-0.1, -0.05) is 0 Å². The Morgan fingerprint density at radius 3 is 2.45 bits per heavy atom. The molecule has 0 spiro atoms. The molecule has 0 radical (unpaired) electrons. The van der Waals surface area contributed by atoms with Crippen LogP contribution < -0.4 is 0 Å². The van der Waals surface area contributed by atoms with Crippen LogP contribution in [-0.4, -0.2) is 5.78 Å². The first-order chi connectivity index (χ1) is 9.47. The van der Waals surface area contributed by atoms with Crippen LogP contribution in [0.15, 0.2) is 33.1 Å². The highest BCUT2D eigenvalue weighted by molar-refractivity contribution is 6.10. The van der Waals surface area contributed by atoms with Crippen molar-refractivity contribution >= 4 is 16.8 Å². The van der Waals surface area contributed by atoms with Gasteiger partial charge in [0.05, 0.1) is 5.56 Å². The number of halogens is 1. The van der Waals surface area contributed by atoms with Crippen LogP contribution in [0, 0.1) is 26.6 Å². The molecule has 2 heterocycles. The standard InChI is InChI=1S/C16H13FO3/c1-8-9(2)19-10(3)15(8)16(18)14-7-11-6-12(17)4-5-13(11)20-14/h4-7H,1-3H3. The van der Waals surface area contributed by atoms with Gasteiger partial charge in [0.2, 0.25) is 5.78 Å². The molecule has 0 fully saturated rings. The number of hydrogen-bond donors (Lipinski definition) is 0. The third-order valence-electron chi connectivity index (χ3n) is 3.49. The van der Waals surface area contributed by atoms with E-state index < -0.39 is 0 Å². The van der Waals surface area contributed by atoms with E-state index in [2.05, 4.69) is 0 Å². The number of fused-ring (bicyclic) bond motifs is 1. The van der Waals surface area contributed by atoms with Crippen molar-refractivity contribution in [3.05, 3.63) is 58.5 Å². The Hall–Kier alpha value is -2.36. The van der Waals surface area contributed by atoms with Crippen molar-refractivity contribution in [2.75, 3.05) is 0 Å². The number of carbonyl (C=O) groups is 1. The largest absolute Gasteiger partial charge is 0.466 e. The zero-order valence-corrected chi connectivity index (χ0v) is 11.4. The van der Waals surface area contributed by atoms with Crippen LogP contribution in [0.3, 0.4) is 0 Å². The summed E-state index contributed by atoms with van der Waals surface area (Å²) >= 11 is 0. The van der Waals surface area contributed by atoms with Crippen LogP contribution in [0.5, 0.6) is 0 Å². The number of carbonyl (C=O) groups excluding carboxylic acids is 1. The smallest absolute Gasteiger partial charge is 0.232 e. The maximum Gasteiger partial charge on any atom is 0.232 e. The molecular formula is C16H13FO3. The summed E-state index contributed by atoms with van der Waals surface area (Å²) < 4.78 is 24.1. The van der Waals surface area contributed by atoms with Crippen LogP contribution in [0.4, 0.5) is 4.39 Å². The summed E-state index contributed by atoms with van der Waals surface area (Å²) in [6.07, 6.45) is 0. The number of furan rings is 2. The minimum Gasteiger partial charge on any atom is -0.466 e. The molecule has 2 aromatic heterocycles. The van der Waals surface area contributed by atoms with Crippen LogP contribution in [0.25, 0.3) is 11.0 Å². The van der Waals surface area contributed by atoms with E-state index >= 15 is 0 Å². The van der Waals surface area contributed by atoms with E-state index in [9.17, 15) is 9.18 Å². The number of ketones is 1. The molecule has 0 bridgehead atoms. The molecule has 0 unspecified atom stereocenters. The molecule has 102 valence electrons. The first-order valence-electron chi connectivity index (χ1n) is 6.27. The fraction of sp³-hybridized carbons (Fsp3) is 0.188. The molecular weight excluding hydrogens is 259 g/mol. The zero-order chi connectivity index (χ0) is 14.4. The molecule has 0 N–H and O–H groups in total. The predicted molar refractivity (Wildman–Crippen MR) is 72.5 cm³/mol. The highest BCUT2D eigenvalue weighted by atomic mass is 19.1. The highest BCUT2D eigenvalue weighted by Gasteiger charge is 2.23. The van der Waals surface area contributed by atoms with Gasteiger partial charge in [-0.05, 0) is 45.0 Å². The third kappa shape index (κ3) is 1.84. The fourth-order valence-electron chi connectivity index (χ4n) is 2.38. The second-order valence-electron chi connectivity index (χ2n) is 4.84. The first-order valence-corrected chi connectivity index (χ1v) is 6.27. The molecule has 4 heteroatoms. The summed E-state index contributed by atoms with van der Waals surface area (Å²) in [5, 5.41) is 0.573. The van der Waals surface area contributed by atoms with Gasteiger partial charge in [-0.3, -0.25) is 4.79 Å². The summed E-state index contributed by atoms with van der Waals surface area (Å²) in [7, 11) is 0. The van der Waals surface area contributed by atoms with Gasteiger partial charge < -0.3 is 8.83 Å². The molecule has 0 atom stereocenters. The van der Waals surface area contributed by atoms with Crippen molar-refractivity contribution in [3.8, 4) is 0 Å².